The van der Waals surface area contributed by atoms with Crippen LogP contribution in [0.2, 0.25) is 0 Å². The predicted octanol–water partition coefficient (Wildman–Crippen LogP) is 3.54. The van der Waals surface area contributed by atoms with E-state index in [9.17, 15) is 23.3 Å². The fourth-order valence-corrected chi connectivity index (χ4v) is 1.77. The molecule has 0 saturated heterocycles. The standard InChI is InChI=1S/C11H7ClF3N3O2/c12-6-7-1-2-8(9(5-7)18(19)20)17-4-3-10(16-17)11(13,14)15/h1-5H,6H2. The van der Waals surface area contributed by atoms with E-state index in [4.69, 9.17) is 11.6 Å². The third kappa shape index (κ3) is 2.74. The van der Waals surface area contributed by atoms with Crippen molar-refractivity contribution in [3.63, 3.8) is 0 Å². The molecule has 0 aliphatic heterocycles. The number of aromatic nitrogens is 2. The lowest BCUT2D eigenvalue weighted by atomic mass is 10.2. The van der Waals surface area contributed by atoms with E-state index >= 15 is 0 Å². The Morgan fingerprint density at radius 2 is 2.05 bits per heavy atom. The first-order valence-electron chi connectivity index (χ1n) is 5.29. The third-order valence-corrected chi connectivity index (χ3v) is 2.83. The topological polar surface area (TPSA) is 61.0 Å². The van der Waals surface area contributed by atoms with Gasteiger partial charge in [0.15, 0.2) is 5.69 Å². The van der Waals surface area contributed by atoms with Crippen LogP contribution in [0.15, 0.2) is 30.5 Å². The number of hydrogen-bond donors (Lipinski definition) is 0. The fraction of sp³-hybridized carbons (Fsp3) is 0.182. The van der Waals surface area contributed by atoms with Gasteiger partial charge in [-0.2, -0.15) is 18.3 Å². The molecule has 0 N–H and O–H groups in total. The van der Waals surface area contributed by atoms with Crippen LogP contribution in [0.25, 0.3) is 5.69 Å². The van der Waals surface area contributed by atoms with Crippen molar-refractivity contribution in [3.8, 4) is 5.69 Å². The zero-order valence-corrected chi connectivity index (χ0v) is 10.5. The molecule has 2 rings (SSSR count). The zero-order chi connectivity index (χ0) is 14.9. The summed E-state index contributed by atoms with van der Waals surface area (Å²) in [5.74, 6) is 0.0635. The summed E-state index contributed by atoms with van der Waals surface area (Å²) in [6.07, 6.45) is -3.58. The van der Waals surface area contributed by atoms with Crippen LogP contribution in [0.3, 0.4) is 0 Å². The SMILES string of the molecule is O=[N+]([O-])c1cc(CCl)ccc1-n1ccc(C(F)(F)F)n1. The van der Waals surface area contributed by atoms with Gasteiger partial charge in [0.1, 0.15) is 5.69 Å². The molecule has 0 fully saturated rings. The molecule has 1 heterocycles. The Bertz CT molecular complexity index is 655. The van der Waals surface area contributed by atoms with Gasteiger partial charge >= 0.3 is 6.18 Å². The first kappa shape index (κ1) is 14.3. The van der Waals surface area contributed by atoms with Crippen molar-refractivity contribution < 1.29 is 18.1 Å². The van der Waals surface area contributed by atoms with Crippen LogP contribution in [0.4, 0.5) is 18.9 Å². The average Bonchev–Trinajstić information content (AvgIpc) is 2.87. The van der Waals surface area contributed by atoms with Crippen LogP contribution in [-0.2, 0) is 12.1 Å². The van der Waals surface area contributed by atoms with Crippen LogP contribution in [-0.4, -0.2) is 14.7 Å². The summed E-state index contributed by atoms with van der Waals surface area (Å²) >= 11 is 5.57. The molecule has 0 saturated carbocycles. The number of nitro groups is 1. The minimum Gasteiger partial charge on any atom is -0.258 e. The molecule has 5 nitrogen and oxygen atoms in total. The minimum atomic E-state index is -4.60. The van der Waals surface area contributed by atoms with Gasteiger partial charge < -0.3 is 0 Å². The highest BCUT2D eigenvalue weighted by molar-refractivity contribution is 6.17. The highest BCUT2D eigenvalue weighted by Crippen LogP contribution is 2.30. The molecule has 0 atom stereocenters. The van der Waals surface area contributed by atoms with Gasteiger partial charge in [0.2, 0.25) is 0 Å². The second kappa shape index (κ2) is 5.12. The van der Waals surface area contributed by atoms with Crippen molar-refractivity contribution in [1.29, 1.82) is 0 Å². The van der Waals surface area contributed by atoms with E-state index in [-0.39, 0.29) is 17.3 Å². The van der Waals surface area contributed by atoms with Gasteiger partial charge in [-0.05, 0) is 17.7 Å². The molecule has 9 heteroatoms. The van der Waals surface area contributed by atoms with E-state index in [0.717, 1.165) is 16.9 Å². The molecule has 0 aliphatic rings. The molecule has 1 aromatic carbocycles. The summed E-state index contributed by atoms with van der Waals surface area (Å²) in [6.45, 7) is 0. The lowest BCUT2D eigenvalue weighted by Crippen LogP contribution is -2.08. The Balaban J connectivity index is 2.52. The molecule has 0 bridgehead atoms. The molecular formula is C11H7ClF3N3O2. The van der Waals surface area contributed by atoms with E-state index in [1.165, 1.54) is 18.2 Å². The van der Waals surface area contributed by atoms with Crippen molar-refractivity contribution >= 4 is 17.3 Å². The van der Waals surface area contributed by atoms with E-state index in [2.05, 4.69) is 5.10 Å². The summed E-state index contributed by atoms with van der Waals surface area (Å²) in [6, 6.07) is 4.75. The first-order valence-corrected chi connectivity index (χ1v) is 5.83. The van der Waals surface area contributed by atoms with Gasteiger partial charge in [-0.3, -0.25) is 10.1 Å². The Hall–Kier alpha value is -2.09. The lowest BCUT2D eigenvalue weighted by molar-refractivity contribution is -0.384. The quantitative estimate of drug-likeness (QED) is 0.495. The number of alkyl halides is 4. The molecule has 2 aromatic rings. The summed E-state index contributed by atoms with van der Waals surface area (Å²) < 4.78 is 38.2. The Morgan fingerprint density at radius 3 is 2.55 bits per heavy atom. The first-order chi connectivity index (χ1) is 9.32. The number of benzene rings is 1. The highest BCUT2D eigenvalue weighted by Gasteiger charge is 2.34. The van der Waals surface area contributed by atoms with Crippen molar-refractivity contribution in [1.82, 2.24) is 9.78 Å². The maximum atomic E-state index is 12.5. The van der Waals surface area contributed by atoms with E-state index < -0.39 is 16.8 Å². The monoisotopic (exact) mass is 305 g/mol. The second-order valence-electron chi connectivity index (χ2n) is 3.86. The zero-order valence-electron chi connectivity index (χ0n) is 9.76. The summed E-state index contributed by atoms with van der Waals surface area (Å²) in [4.78, 5) is 10.3. The smallest absolute Gasteiger partial charge is 0.258 e. The maximum absolute atomic E-state index is 12.5. The number of rotatable bonds is 3. The lowest BCUT2D eigenvalue weighted by Gasteiger charge is -2.05. The van der Waals surface area contributed by atoms with Gasteiger partial charge in [-0.1, -0.05) is 6.07 Å². The Morgan fingerprint density at radius 1 is 1.35 bits per heavy atom. The molecule has 0 radical (unpaired) electrons. The van der Waals surface area contributed by atoms with Crippen molar-refractivity contribution in [2.24, 2.45) is 0 Å². The number of nitrogens with zero attached hydrogens (tertiary/aromatic N) is 3. The maximum Gasteiger partial charge on any atom is 0.435 e. The molecule has 20 heavy (non-hydrogen) atoms. The molecule has 0 amide bonds. The normalized spacial score (nSPS) is 11.6. The van der Waals surface area contributed by atoms with Crippen LogP contribution in [0, 0.1) is 10.1 Å². The third-order valence-electron chi connectivity index (χ3n) is 2.52. The van der Waals surface area contributed by atoms with Crippen molar-refractivity contribution in [3.05, 3.63) is 51.8 Å². The van der Waals surface area contributed by atoms with Gasteiger partial charge in [0.05, 0.1) is 4.92 Å². The molecular weight excluding hydrogens is 299 g/mol. The molecule has 106 valence electrons. The molecule has 0 unspecified atom stereocenters. The Labute approximate surface area is 115 Å². The second-order valence-corrected chi connectivity index (χ2v) is 4.12. The summed E-state index contributed by atoms with van der Waals surface area (Å²) in [7, 11) is 0. The van der Waals surface area contributed by atoms with Gasteiger partial charge in [0.25, 0.3) is 5.69 Å². The summed E-state index contributed by atoms with van der Waals surface area (Å²) in [5.41, 5.74) is -1.04. The molecule has 1 aromatic heterocycles. The van der Waals surface area contributed by atoms with Crippen LogP contribution < -0.4 is 0 Å². The van der Waals surface area contributed by atoms with Gasteiger partial charge in [0, 0.05) is 18.1 Å². The van der Waals surface area contributed by atoms with Crippen LogP contribution >= 0.6 is 11.6 Å². The van der Waals surface area contributed by atoms with E-state index in [1.807, 2.05) is 0 Å². The van der Waals surface area contributed by atoms with Gasteiger partial charge in [-0.15, -0.1) is 11.6 Å². The van der Waals surface area contributed by atoms with Crippen molar-refractivity contribution in [2.75, 3.05) is 0 Å². The van der Waals surface area contributed by atoms with E-state index in [1.54, 1.807) is 0 Å². The van der Waals surface area contributed by atoms with Gasteiger partial charge in [-0.25, -0.2) is 4.68 Å². The van der Waals surface area contributed by atoms with Crippen LogP contribution in [0.5, 0.6) is 0 Å². The highest BCUT2D eigenvalue weighted by atomic mass is 35.5. The minimum absolute atomic E-state index is 0.0561. The number of halogens is 4. The Kier molecular flexibility index (Phi) is 3.67. The molecule has 0 spiro atoms. The molecule has 0 aliphatic carbocycles. The summed E-state index contributed by atoms with van der Waals surface area (Å²) in [5, 5.41) is 14.3. The van der Waals surface area contributed by atoms with Crippen molar-refractivity contribution in [2.45, 2.75) is 12.1 Å². The largest absolute Gasteiger partial charge is 0.435 e. The number of hydrogen-bond acceptors (Lipinski definition) is 3. The average molecular weight is 306 g/mol. The number of nitro benzene ring substituents is 1. The predicted molar refractivity (Wildman–Crippen MR) is 64.8 cm³/mol. The van der Waals surface area contributed by atoms with Crippen LogP contribution in [0.1, 0.15) is 11.3 Å². The fourth-order valence-electron chi connectivity index (χ4n) is 1.60. The van der Waals surface area contributed by atoms with E-state index in [0.29, 0.717) is 5.56 Å².